The maximum absolute atomic E-state index is 13.6. The molecule has 2 atom stereocenters. The Bertz CT molecular complexity index is 652. The van der Waals surface area contributed by atoms with E-state index in [1.54, 1.807) is 12.1 Å². The van der Waals surface area contributed by atoms with Crippen molar-refractivity contribution in [3.05, 3.63) is 41.5 Å². The molecule has 1 saturated carbocycles. The molecule has 1 aromatic heterocycles. The third kappa shape index (κ3) is 2.44. The first-order valence-corrected chi connectivity index (χ1v) is 8.35. The summed E-state index contributed by atoms with van der Waals surface area (Å²) in [6.45, 7) is 3.21. The second-order valence-electron chi connectivity index (χ2n) is 6.17. The fourth-order valence-corrected chi connectivity index (χ4v) is 4.02. The highest BCUT2D eigenvalue weighted by atomic mass is 32.1. The summed E-state index contributed by atoms with van der Waals surface area (Å²) in [5.74, 6) is 1.93. The second kappa shape index (κ2) is 5.05. The van der Waals surface area contributed by atoms with Crippen molar-refractivity contribution in [2.75, 3.05) is 11.4 Å². The van der Waals surface area contributed by atoms with Crippen molar-refractivity contribution < 1.29 is 4.39 Å². The van der Waals surface area contributed by atoms with Gasteiger partial charge in [-0.1, -0.05) is 19.1 Å². The van der Waals surface area contributed by atoms with Crippen LogP contribution >= 0.6 is 11.5 Å². The van der Waals surface area contributed by atoms with E-state index < -0.39 is 0 Å². The van der Waals surface area contributed by atoms with Gasteiger partial charge in [-0.15, -0.1) is 0 Å². The molecule has 110 valence electrons. The maximum Gasteiger partial charge on any atom is 0.205 e. The zero-order chi connectivity index (χ0) is 14.4. The third-order valence-electron chi connectivity index (χ3n) is 4.51. The fraction of sp³-hybridized carbons (Fsp3) is 0.500. The van der Waals surface area contributed by atoms with E-state index in [2.05, 4.69) is 16.2 Å². The van der Waals surface area contributed by atoms with Crippen molar-refractivity contribution in [3.63, 3.8) is 0 Å². The Morgan fingerprint density at radius 3 is 2.90 bits per heavy atom. The van der Waals surface area contributed by atoms with Crippen LogP contribution in [0.3, 0.4) is 0 Å². The molecule has 0 radical (unpaired) electrons. The van der Waals surface area contributed by atoms with Gasteiger partial charge in [-0.2, -0.15) is 4.37 Å². The standard InChI is InChI=1S/C16H18FN3S/c1-10-7-8-20(14(10)12-3-2-4-13(17)9-12)16-18-15(19-21-16)11-5-6-11/h2-4,9-11,14H,5-8H2,1H3. The smallest absolute Gasteiger partial charge is 0.205 e. The molecule has 3 nitrogen and oxygen atoms in total. The fourth-order valence-electron chi connectivity index (χ4n) is 3.21. The van der Waals surface area contributed by atoms with Crippen LogP contribution in [0.5, 0.6) is 0 Å². The normalized spacial score (nSPS) is 25.5. The minimum Gasteiger partial charge on any atom is -0.340 e. The maximum atomic E-state index is 13.6. The zero-order valence-corrected chi connectivity index (χ0v) is 12.8. The summed E-state index contributed by atoms with van der Waals surface area (Å²) in [5, 5.41) is 0.996. The van der Waals surface area contributed by atoms with Crippen molar-refractivity contribution in [1.29, 1.82) is 0 Å². The van der Waals surface area contributed by atoms with E-state index in [-0.39, 0.29) is 11.9 Å². The van der Waals surface area contributed by atoms with Crippen LogP contribution in [0.4, 0.5) is 9.52 Å². The van der Waals surface area contributed by atoms with E-state index in [4.69, 9.17) is 4.98 Å². The Labute approximate surface area is 128 Å². The first kappa shape index (κ1) is 13.2. The van der Waals surface area contributed by atoms with Crippen LogP contribution in [0, 0.1) is 11.7 Å². The van der Waals surface area contributed by atoms with E-state index in [1.807, 2.05) is 6.07 Å². The average Bonchev–Trinajstić information content (AvgIpc) is 3.07. The van der Waals surface area contributed by atoms with E-state index in [0.29, 0.717) is 11.8 Å². The molecule has 0 amide bonds. The predicted octanol–water partition coefficient (Wildman–Crippen LogP) is 4.14. The first-order valence-electron chi connectivity index (χ1n) is 7.58. The number of hydrogen-bond acceptors (Lipinski definition) is 4. The van der Waals surface area contributed by atoms with Gasteiger partial charge in [0.25, 0.3) is 0 Å². The lowest BCUT2D eigenvalue weighted by molar-refractivity contribution is 0.527. The summed E-state index contributed by atoms with van der Waals surface area (Å²) < 4.78 is 18.1. The van der Waals surface area contributed by atoms with Gasteiger partial charge in [0, 0.05) is 24.0 Å². The lowest BCUT2D eigenvalue weighted by Gasteiger charge is -2.26. The Morgan fingerprint density at radius 2 is 2.14 bits per heavy atom. The quantitative estimate of drug-likeness (QED) is 0.853. The van der Waals surface area contributed by atoms with Gasteiger partial charge in [-0.05, 0) is 42.9 Å². The molecule has 4 rings (SSSR count). The highest BCUT2D eigenvalue weighted by Gasteiger charge is 2.36. The summed E-state index contributed by atoms with van der Waals surface area (Å²) in [4.78, 5) is 7.03. The van der Waals surface area contributed by atoms with Crippen LogP contribution in [-0.2, 0) is 0 Å². The van der Waals surface area contributed by atoms with Gasteiger partial charge in [0.1, 0.15) is 11.6 Å². The predicted molar refractivity (Wildman–Crippen MR) is 82.2 cm³/mol. The summed E-state index contributed by atoms with van der Waals surface area (Å²) in [5.41, 5.74) is 1.04. The second-order valence-corrected chi connectivity index (χ2v) is 6.90. The van der Waals surface area contributed by atoms with Crippen LogP contribution in [0.2, 0.25) is 0 Å². The van der Waals surface area contributed by atoms with Gasteiger partial charge in [0.15, 0.2) is 0 Å². The summed E-state index contributed by atoms with van der Waals surface area (Å²) in [6.07, 6.45) is 3.55. The van der Waals surface area contributed by atoms with Gasteiger partial charge in [0.05, 0.1) is 6.04 Å². The van der Waals surface area contributed by atoms with Gasteiger partial charge in [0.2, 0.25) is 5.13 Å². The molecule has 21 heavy (non-hydrogen) atoms. The van der Waals surface area contributed by atoms with Crippen molar-refractivity contribution in [3.8, 4) is 0 Å². The zero-order valence-electron chi connectivity index (χ0n) is 12.0. The number of hydrogen-bond donors (Lipinski definition) is 0. The van der Waals surface area contributed by atoms with Crippen LogP contribution in [0.25, 0.3) is 0 Å². The molecule has 0 spiro atoms. The number of aromatic nitrogens is 2. The molecule has 1 saturated heterocycles. The lowest BCUT2D eigenvalue weighted by atomic mass is 9.95. The SMILES string of the molecule is CC1CCN(c2nc(C3CC3)ns2)C1c1cccc(F)c1. The minimum absolute atomic E-state index is 0.164. The summed E-state index contributed by atoms with van der Waals surface area (Å²) >= 11 is 1.49. The molecule has 1 aromatic carbocycles. The number of nitrogens with zero attached hydrogens (tertiary/aromatic N) is 3. The van der Waals surface area contributed by atoms with Gasteiger partial charge < -0.3 is 4.90 Å². The van der Waals surface area contributed by atoms with Gasteiger partial charge in [-0.25, -0.2) is 9.37 Å². The first-order chi connectivity index (χ1) is 10.2. The van der Waals surface area contributed by atoms with Crippen molar-refractivity contribution in [2.24, 2.45) is 5.92 Å². The number of halogens is 1. The van der Waals surface area contributed by atoms with Crippen LogP contribution in [0.1, 0.15) is 49.5 Å². The largest absolute Gasteiger partial charge is 0.340 e. The number of benzene rings is 1. The topological polar surface area (TPSA) is 29.0 Å². The highest BCUT2D eigenvalue weighted by Crippen LogP contribution is 2.44. The molecule has 2 aromatic rings. The lowest BCUT2D eigenvalue weighted by Crippen LogP contribution is -2.24. The molecule has 2 fully saturated rings. The molecule has 2 heterocycles. The Balaban J connectivity index is 1.66. The Morgan fingerprint density at radius 1 is 1.29 bits per heavy atom. The molecular formula is C16H18FN3S. The van der Waals surface area contributed by atoms with Crippen molar-refractivity contribution in [2.45, 2.75) is 38.1 Å². The number of rotatable bonds is 3. The van der Waals surface area contributed by atoms with Crippen LogP contribution in [0.15, 0.2) is 24.3 Å². The van der Waals surface area contributed by atoms with Crippen LogP contribution < -0.4 is 4.90 Å². The summed E-state index contributed by atoms with van der Waals surface area (Å²) in [6, 6.07) is 7.18. The monoisotopic (exact) mass is 303 g/mol. The number of anilines is 1. The molecule has 0 bridgehead atoms. The van der Waals surface area contributed by atoms with E-state index >= 15 is 0 Å². The molecule has 1 aliphatic heterocycles. The van der Waals surface area contributed by atoms with E-state index in [0.717, 1.165) is 29.5 Å². The van der Waals surface area contributed by atoms with Crippen LogP contribution in [-0.4, -0.2) is 15.9 Å². The minimum atomic E-state index is -0.164. The van der Waals surface area contributed by atoms with Crippen molar-refractivity contribution >= 4 is 16.7 Å². The third-order valence-corrected chi connectivity index (χ3v) is 5.28. The molecule has 5 heteroatoms. The van der Waals surface area contributed by atoms with E-state index in [1.165, 1.54) is 30.4 Å². The average molecular weight is 303 g/mol. The molecule has 1 aliphatic carbocycles. The Hall–Kier alpha value is -1.49. The summed E-state index contributed by atoms with van der Waals surface area (Å²) in [7, 11) is 0. The van der Waals surface area contributed by atoms with Crippen molar-refractivity contribution in [1.82, 2.24) is 9.36 Å². The highest BCUT2D eigenvalue weighted by molar-refractivity contribution is 7.09. The van der Waals surface area contributed by atoms with E-state index in [9.17, 15) is 4.39 Å². The Kier molecular flexibility index (Phi) is 3.17. The van der Waals surface area contributed by atoms with Gasteiger partial charge in [-0.3, -0.25) is 0 Å². The molecule has 2 unspecified atom stereocenters. The molecule has 0 N–H and O–H groups in total. The van der Waals surface area contributed by atoms with Gasteiger partial charge >= 0.3 is 0 Å². The molecule has 2 aliphatic rings. The molecular weight excluding hydrogens is 285 g/mol.